The molecule has 0 atom stereocenters. The molecule has 0 saturated carbocycles. The highest BCUT2D eigenvalue weighted by Gasteiger charge is 2.02. The largest absolute Gasteiger partial charge is 0.394 e. The molecule has 0 aromatic carbocycles. The van der Waals surface area contributed by atoms with E-state index >= 15 is 0 Å². The summed E-state index contributed by atoms with van der Waals surface area (Å²) in [6, 6.07) is 0. The van der Waals surface area contributed by atoms with Crippen LogP contribution in [-0.2, 0) is 4.84 Å². The van der Waals surface area contributed by atoms with E-state index in [2.05, 4.69) is 10.1 Å². The van der Waals surface area contributed by atoms with Gasteiger partial charge in [0.25, 0.3) is 0 Å². The van der Waals surface area contributed by atoms with E-state index in [9.17, 15) is 0 Å². The molecule has 0 fully saturated rings. The van der Waals surface area contributed by atoms with Gasteiger partial charge in [0.1, 0.15) is 12.3 Å². The van der Waals surface area contributed by atoms with Gasteiger partial charge < -0.3 is 16.3 Å². The van der Waals surface area contributed by atoms with E-state index in [1.54, 1.807) is 5.38 Å². The van der Waals surface area contributed by atoms with Crippen LogP contribution in [0.1, 0.15) is 12.6 Å². The third kappa shape index (κ3) is 2.09. The van der Waals surface area contributed by atoms with Crippen LogP contribution < -0.4 is 11.5 Å². The number of thiazole rings is 1. The molecule has 0 radical (unpaired) electrons. The average Bonchev–Trinajstić information content (AvgIpc) is 2.47. The monoisotopic (exact) mass is 186 g/mol. The highest BCUT2D eigenvalue weighted by molar-refractivity contribution is 7.13. The van der Waals surface area contributed by atoms with Crippen molar-refractivity contribution in [2.75, 3.05) is 12.3 Å². The molecule has 0 bridgehead atoms. The molecule has 1 rings (SSSR count). The lowest BCUT2D eigenvalue weighted by atomic mass is 10.5. The Kier molecular flexibility index (Phi) is 2.87. The topological polar surface area (TPSA) is 86.5 Å². The normalized spacial score (nSPS) is 11.6. The molecular formula is C6H10N4OS. The Labute approximate surface area is 74.0 Å². The molecule has 5 nitrogen and oxygen atoms in total. The predicted molar refractivity (Wildman–Crippen MR) is 48.9 cm³/mol. The van der Waals surface area contributed by atoms with Crippen molar-refractivity contribution in [3.05, 3.63) is 11.1 Å². The van der Waals surface area contributed by atoms with Crippen LogP contribution in [0.5, 0.6) is 0 Å². The molecular weight excluding hydrogens is 176 g/mol. The van der Waals surface area contributed by atoms with E-state index < -0.39 is 0 Å². The lowest BCUT2D eigenvalue weighted by Crippen LogP contribution is -2.14. The van der Waals surface area contributed by atoms with Crippen LogP contribution in [0.25, 0.3) is 0 Å². The van der Waals surface area contributed by atoms with Crippen LogP contribution >= 0.6 is 11.3 Å². The lowest BCUT2D eigenvalue weighted by Gasteiger charge is -1.94. The van der Waals surface area contributed by atoms with Gasteiger partial charge in [-0.2, -0.15) is 0 Å². The van der Waals surface area contributed by atoms with Gasteiger partial charge in [0.05, 0.1) is 0 Å². The summed E-state index contributed by atoms with van der Waals surface area (Å²) in [7, 11) is 0. The zero-order valence-corrected chi connectivity index (χ0v) is 7.47. The fraction of sp³-hybridized carbons (Fsp3) is 0.333. The number of oxime groups is 1. The van der Waals surface area contributed by atoms with Crippen molar-refractivity contribution < 1.29 is 4.84 Å². The summed E-state index contributed by atoms with van der Waals surface area (Å²) >= 11 is 1.32. The van der Waals surface area contributed by atoms with Crippen molar-refractivity contribution in [1.29, 1.82) is 0 Å². The Balaban J connectivity index is 2.70. The Morgan fingerprint density at radius 3 is 3.08 bits per heavy atom. The van der Waals surface area contributed by atoms with Crippen molar-refractivity contribution >= 4 is 22.3 Å². The molecule has 1 aromatic rings. The van der Waals surface area contributed by atoms with E-state index in [4.69, 9.17) is 16.3 Å². The van der Waals surface area contributed by atoms with Crippen LogP contribution in [0.3, 0.4) is 0 Å². The third-order valence-corrected chi connectivity index (χ3v) is 1.75. The van der Waals surface area contributed by atoms with E-state index in [1.807, 2.05) is 6.92 Å². The highest BCUT2D eigenvalue weighted by atomic mass is 32.1. The van der Waals surface area contributed by atoms with Gasteiger partial charge in [0, 0.05) is 5.38 Å². The number of amidine groups is 1. The van der Waals surface area contributed by atoms with E-state index in [-0.39, 0.29) is 5.84 Å². The number of aromatic nitrogens is 1. The van der Waals surface area contributed by atoms with Gasteiger partial charge in [0.15, 0.2) is 11.0 Å². The lowest BCUT2D eigenvalue weighted by molar-refractivity contribution is 0.158. The Bertz CT molecular complexity index is 283. The van der Waals surface area contributed by atoms with Gasteiger partial charge in [-0.1, -0.05) is 5.16 Å². The molecule has 0 spiro atoms. The summed E-state index contributed by atoms with van der Waals surface area (Å²) in [5.41, 5.74) is 11.5. The molecule has 0 aliphatic rings. The first-order valence-corrected chi connectivity index (χ1v) is 4.28. The molecule has 12 heavy (non-hydrogen) atoms. The highest BCUT2D eigenvalue weighted by Crippen LogP contribution is 2.10. The van der Waals surface area contributed by atoms with Gasteiger partial charge in [-0.15, -0.1) is 11.3 Å². The Hall–Kier alpha value is -1.30. The van der Waals surface area contributed by atoms with Gasteiger partial charge >= 0.3 is 0 Å². The van der Waals surface area contributed by atoms with Crippen LogP contribution in [0, 0.1) is 0 Å². The molecule has 0 unspecified atom stereocenters. The van der Waals surface area contributed by atoms with Gasteiger partial charge in [0.2, 0.25) is 0 Å². The number of anilines is 1. The standard InChI is InChI=1S/C6H10N4OS/c1-2-11-10-5(7)4-3-12-6(8)9-4/h3H,2H2,1H3,(H2,7,10)(H2,8,9). The van der Waals surface area contributed by atoms with Crippen molar-refractivity contribution in [3.63, 3.8) is 0 Å². The van der Waals surface area contributed by atoms with Crippen molar-refractivity contribution in [2.24, 2.45) is 10.9 Å². The Morgan fingerprint density at radius 1 is 1.83 bits per heavy atom. The molecule has 0 aliphatic heterocycles. The zero-order valence-electron chi connectivity index (χ0n) is 6.65. The molecule has 0 aliphatic carbocycles. The molecule has 1 aromatic heterocycles. The van der Waals surface area contributed by atoms with Crippen molar-refractivity contribution in [2.45, 2.75) is 6.92 Å². The maximum atomic E-state index is 5.51. The summed E-state index contributed by atoms with van der Waals surface area (Å²) in [6.07, 6.45) is 0. The number of nitrogens with zero attached hydrogens (tertiary/aromatic N) is 2. The summed E-state index contributed by atoms with van der Waals surface area (Å²) in [5.74, 6) is 0.254. The van der Waals surface area contributed by atoms with Gasteiger partial charge in [-0.3, -0.25) is 0 Å². The molecule has 66 valence electrons. The number of hydrogen-bond acceptors (Lipinski definition) is 5. The fourth-order valence-electron chi connectivity index (χ4n) is 0.586. The zero-order chi connectivity index (χ0) is 8.97. The molecule has 4 N–H and O–H groups in total. The van der Waals surface area contributed by atoms with E-state index in [1.165, 1.54) is 11.3 Å². The minimum absolute atomic E-state index is 0.254. The first-order chi connectivity index (χ1) is 5.74. The molecule has 0 saturated heterocycles. The average molecular weight is 186 g/mol. The van der Waals surface area contributed by atoms with Crippen molar-refractivity contribution in [1.82, 2.24) is 4.98 Å². The van der Waals surface area contributed by atoms with Gasteiger partial charge in [-0.25, -0.2) is 4.98 Å². The van der Waals surface area contributed by atoms with Crippen molar-refractivity contribution in [3.8, 4) is 0 Å². The minimum atomic E-state index is 0.254. The minimum Gasteiger partial charge on any atom is -0.394 e. The Morgan fingerprint density at radius 2 is 2.58 bits per heavy atom. The summed E-state index contributed by atoms with van der Waals surface area (Å²) in [5, 5.41) is 5.81. The molecule has 0 amide bonds. The smallest absolute Gasteiger partial charge is 0.189 e. The maximum absolute atomic E-state index is 5.51. The second-order valence-corrected chi connectivity index (χ2v) is 2.85. The van der Waals surface area contributed by atoms with Crippen LogP contribution in [0.4, 0.5) is 5.13 Å². The van der Waals surface area contributed by atoms with E-state index in [0.29, 0.717) is 17.4 Å². The van der Waals surface area contributed by atoms with Crippen LogP contribution in [0.15, 0.2) is 10.5 Å². The fourth-order valence-corrected chi connectivity index (χ4v) is 1.14. The predicted octanol–water partition coefficient (Wildman–Crippen LogP) is 0.382. The quantitative estimate of drug-likeness (QED) is 0.406. The molecule has 6 heteroatoms. The third-order valence-electron chi connectivity index (χ3n) is 1.08. The van der Waals surface area contributed by atoms with E-state index in [0.717, 1.165) is 0 Å². The number of rotatable bonds is 3. The SMILES string of the molecule is CCO/N=C(\N)c1csc(N)n1. The van der Waals surface area contributed by atoms with Crippen LogP contribution in [0.2, 0.25) is 0 Å². The summed E-state index contributed by atoms with van der Waals surface area (Å²) < 4.78 is 0. The summed E-state index contributed by atoms with van der Waals surface area (Å²) in [6.45, 7) is 2.31. The van der Waals surface area contributed by atoms with Crippen LogP contribution in [-0.4, -0.2) is 17.4 Å². The molecule has 1 heterocycles. The summed E-state index contributed by atoms with van der Waals surface area (Å²) in [4.78, 5) is 8.67. The number of hydrogen-bond donors (Lipinski definition) is 2. The second kappa shape index (κ2) is 3.91. The maximum Gasteiger partial charge on any atom is 0.189 e. The second-order valence-electron chi connectivity index (χ2n) is 1.97. The first kappa shape index (κ1) is 8.79. The number of nitrogens with two attached hydrogens (primary N) is 2. The van der Waals surface area contributed by atoms with Gasteiger partial charge in [-0.05, 0) is 6.92 Å². The first-order valence-electron chi connectivity index (χ1n) is 3.41. The number of nitrogen functional groups attached to an aromatic ring is 1.